The van der Waals surface area contributed by atoms with Crippen LogP contribution in [0, 0.1) is 0 Å². The minimum Gasteiger partial charge on any atom is -1.00 e. The minimum atomic E-state index is -0.0704. The number of ketones is 1. The summed E-state index contributed by atoms with van der Waals surface area (Å²) < 4.78 is 0. The number of rotatable bonds is 3. The number of hydrogen-bond acceptors (Lipinski definition) is 2. The molecule has 1 aliphatic rings. The molecular weight excluding hydrogens is 262 g/mol. The summed E-state index contributed by atoms with van der Waals surface area (Å²) in [5.74, 6) is 0.370. The van der Waals surface area contributed by atoms with Gasteiger partial charge in [0.2, 0.25) is 0 Å². The average molecular weight is 282 g/mol. The fourth-order valence-electron chi connectivity index (χ4n) is 2.61. The Kier molecular flexibility index (Phi) is 5.58. The number of hydrogen-bond donors (Lipinski definition) is 2. The highest BCUT2D eigenvalue weighted by Gasteiger charge is 2.33. The molecule has 2 rings (SSSR count). The molecule has 0 aromatic heterocycles. The van der Waals surface area contributed by atoms with E-state index in [1.165, 1.54) is 0 Å². The average Bonchev–Trinajstić information content (AvgIpc) is 2.34. The first-order valence-corrected chi connectivity index (χ1v) is 6.41. The molecule has 1 aromatic rings. The summed E-state index contributed by atoms with van der Waals surface area (Å²) in [5.41, 5.74) is 1.68. The van der Waals surface area contributed by atoms with E-state index in [1.807, 2.05) is 44.4 Å². The van der Waals surface area contributed by atoms with E-state index in [9.17, 15) is 9.90 Å². The van der Waals surface area contributed by atoms with Gasteiger partial charge in [0.05, 0.1) is 19.7 Å². The molecule has 0 fully saturated rings. The fraction of sp³-hybridized carbons (Fsp3) is 0.400. The van der Waals surface area contributed by atoms with Gasteiger partial charge in [0.15, 0.2) is 5.78 Å². The first-order chi connectivity index (χ1) is 8.61. The molecule has 4 heteroatoms. The van der Waals surface area contributed by atoms with Gasteiger partial charge in [0, 0.05) is 18.4 Å². The summed E-state index contributed by atoms with van der Waals surface area (Å²) in [6, 6.07) is 9.85. The molecule has 0 spiro atoms. The summed E-state index contributed by atoms with van der Waals surface area (Å²) in [4.78, 5) is 13.2. The second-order valence-corrected chi connectivity index (χ2v) is 5.06. The molecule has 0 amide bonds. The van der Waals surface area contributed by atoms with Crippen molar-refractivity contribution in [2.24, 2.45) is 0 Å². The maximum Gasteiger partial charge on any atom is 0.168 e. The topological polar surface area (TPSA) is 41.7 Å². The van der Waals surface area contributed by atoms with E-state index in [0.717, 1.165) is 16.9 Å². The first-order valence-electron chi connectivity index (χ1n) is 6.41. The monoisotopic (exact) mass is 281 g/mol. The standard InChI is InChI=1S/C15H19NO2.ClH/c1-16(2)15(11-7-4-3-5-8-11)14-12(17)9-6-10-13(14)18;/h3-5,7-8,15,17H,6,9-10H2,1-2H3;1H. The van der Waals surface area contributed by atoms with Gasteiger partial charge in [-0.1, -0.05) is 30.3 Å². The maximum atomic E-state index is 12.1. The van der Waals surface area contributed by atoms with Crippen LogP contribution in [-0.4, -0.2) is 25.0 Å². The Bertz CT molecular complexity index is 468. The lowest BCUT2D eigenvalue weighted by Crippen LogP contribution is -3.06. The van der Waals surface area contributed by atoms with Crippen LogP contribution in [0.2, 0.25) is 0 Å². The molecule has 0 heterocycles. The lowest BCUT2D eigenvalue weighted by molar-refractivity contribution is -0.885. The predicted octanol–water partition coefficient (Wildman–Crippen LogP) is -1.56. The van der Waals surface area contributed by atoms with Crippen molar-refractivity contribution in [2.45, 2.75) is 25.3 Å². The van der Waals surface area contributed by atoms with E-state index < -0.39 is 0 Å². The van der Waals surface area contributed by atoms with Gasteiger partial charge in [0.25, 0.3) is 0 Å². The lowest BCUT2D eigenvalue weighted by atomic mass is 9.87. The molecule has 3 nitrogen and oxygen atoms in total. The molecule has 19 heavy (non-hydrogen) atoms. The minimum absolute atomic E-state index is 0. The Morgan fingerprint density at radius 1 is 1.16 bits per heavy atom. The molecule has 104 valence electrons. The number of carbonyl (C=O) groups excluding carboxylic acids is 1. The largest absolute Gasteiger partial charge is 1.00 e. The zero-order valence-electron chi connectivity index (χ0n) is 11.3. The summed E-state index contributed by atoms with van der Waals surface area (Å²) >= 11 is 0. The molecule has 0 radical (unpaired) electrons. The third-order valence-corrected chi connectivity index (χ3v) is 3.43. The van der Waals surface area contributed by atoms with Gasteiger partial charge in [-0.25, -0.2) is 0 Å². The summed E-state index contributed by atoms with van der Waals surface area (Å²) in [7, 11) is 4.03. The summed E-state index contributed by atoms with van der Waals surface area (Å²) in [6.45, 7) is 0. The van der Waals surface area contributed by atoms with Crippen LogP contribution in [-0.2, 0) is 4.79 Å². The predicted molar refractivity (Wildman–Crippen MR) is 70.5 cm³/mol. The molecule has 0 bridgehead atoms. The van der Waals surface area contributed by atoms with Crippen molar-refractivity contribution >= 4 is 5.78 Å². The van der Waals surface area contributed by atoms with Crippen molar-refractivity contribution in [1.29, 1.82) is 0 Å². The van der Waals surface area contributed by atoms with Crippen molar-refractivity contribution in [3.8, 4) is 0 Å². The Morgan fingerprint density at radius 2 is 1.79 bits per heavy atom. The number of halogens is 1. The van der Waals surface area contributed by atoms with Crippen molar-refractivity contribution in [3.63, 3.8) is 0 Å². The Labute approximate surface area is 120 Å². The number of carbonyl (C=O) groups is 1. The van der Waals surface area contributed by atoms with Crippen molar-refractivity contribution in [3.05, 3.63) is 47.2 Å². The quantitative estimate of drug-likeness (QED) is 0.704. The first kappa shape index (κ1) is 15.7. The van der Waals surface area contributed by atoms with Gasteiger partial charge in [-0.3, -0.25) is 4.79 Å². The normalized spacial score (nSPS) is 17.3. The number of aliphatic hydroxyl groups excluding tert-OH is 1. The molecular formula is C15H20ClNO2. The smallest absolute Gasteiger partial charge is 0.168 e. The van der Waals surface area contributed by atoms with Gasteiger partial charge in [-0.2, -0.15) is 0 Å². The molecule has 1 aromatic carbocycles. The number of quaternary nitrogens is 1. The highest BCUT2D eigenvalue weighted by atomic mass is 35.5. The second-order valence-electron chi connectivity index (χ2n) is 5.06. The van der Waals surface area contributed by atoms with Crippen LogP contribution >= 0.6 is 0 Å². The molecule has 2 N–H and O–H groups in total. The number of nitrogens with one attached hydrogen (secondary N) is 1. The fourth-order valence-corrected chi connectivity index (χ4v) is 2.61. The number of benzene rings is 1. The molecule has 1 aliphatic carbocycles. The van der Waals surface area contributed by atoms with Crippen LogP contribution in [0.4, 0.5) is 0 Å². The van der Waals surface area contributed by atoms with Crippen molar-refractivity contribution in [1.82, 2.24) is 0 Å². The van der Waals surface area contributed by atoms with Crippen molar-refractivity contribution < 1.29 is 27.2 Å². The molecule has 0 saturated heterocycles. The van der Waals surface area contributed by atoms with E-state index in [1.54, 1.807) is 0 Å². The Balaban J connectivity index is 0.00000180. The van der Waals surface area contributed by atoms with Gasteiger partial charge >= 0.3 is 0 Å². The van der Waals surface area contributed by atoms with E-state index in [-0.39, 0.29) is 30.0 Å². The lowest BCUT2D eigenvalue weighted by Gasteiger charge is -2.26. The number of Topliss-reactive ketones (excluding diaryl/α,β-unsaturated/α-hetero) is 1. The van der Waals surface area contributed by atoms with E-state index >= 15 is 0 Å². The third kappa shape index (κ3) is 3.37. The van der Waals surface area contributed by atoms with Gasteiger partial charge in [0.1, 0.15) is 11.8 Å². The van der Waals surface area contributed by atoms with Crippen LogP contribution in [0.15, 0.2) is 41.7 Å². The van der Waals surface area contributed by atoms with Gasteiger partial charge in [-0.05, 0) is 6.42 Å². The van der Waals surface area contributed by atoms with E-state index in [0.29, 0.717) is 18.4 Å². The Morgan fingerprint density at radius 3 is 2.32 bits per heavy atom. The zero-order chi connectivity index (χ0) is 13.1. The van der Waals surface area contributed by atoms with E-state index in [4.69, 9.17) is 0 Å². The van der Waals surface area contributed by atoms with Gasteiger partial charge in [-0.15, -0.1) is 0 Å². The highest BCUT2D eigenvalue weighted by molar-refractivity contribution is 5.97. The maximum absolute atomic E-state index is 12.1. The van der Waals surface area contributed by atoms with Crippen molar-refractivity contribution in [2.75, 3.05) is 14.1 Å². The van der Waals surface area contributed by atoms with Crippen LogP contribution in [0.1, 0.15) is 30.9 Å². The SMILES string of the molecule is C[NH+](C)C(C1=C(O)CCCC1=O)c1ccccc1.[Cl-]. The summed E-state index contributed by atoms with van der Waals surface area (Å²) in [5, 5.41) is 10.1. The highest BCUT2D eigenvalue weighted by Crippen LogP contribution is 2.28. The van der Waals surface area contributed by atoms with Crippen LogP contribution < -0.4 is 17.3 Å². The number of aliphatic hydroxyl groups is 1. The molecule has 1 unspecified atom stereocenters. The van der Waals surface area contributed by atoms with Gasteiger partial charge < -0.3 is 22.4 Å². The second kappa shape index (κ2) is 6.73. The molecule has 0 saturated carbocycles. The van der Waals surface area contributed by atoms with Crippen LogP contribution in [0.5, 0.6) is 0 Å². The van der Waals surface area contributed by atoms with Crippen LogP contribution in [0.3, 0.4) is 0 Å². The zero-order valence-corrected chi connectivity index (χ0v) is 12.1. The number of allylic oxidation sites excluding steroid dienone is 1. The summed E-state index contributed by atoms with van der Waals surface area (Å²) in [6.07, 6.45) is 1.94. The van der Waals surface area contributed by atoms with E-state index in [2.05, 4.69) is 0 Å². The Hall–Kier alpha value is -1.32. The molecule has 0 aliphatic heterocycles. The number of likely N-dealkylation sites (N-methyl/N-ethyl adjacent to an activating group) is 1. The molecule has 1 atom stereocenters. The third-order valence-electron chi connectivity index (χ3n) is 3.43. The van der Waals surface area contributed by atoms with Crippen LogP contribution in [0.25, 0.3) is 0 Å².